The van der Waals surface area contributed by atoms with E-state index in [9.17, 15) is 4.79 Å². The Labute approximate surface area is 234 Å². The fourth-order valence-corrected chi connectivity index (χ4v) is 6.27. The molecule has 2 aromatic heterocycles. The summed E-state index contributed by atoms with van der Waals surface area (Å²) in [5, 5.41) is 0. The number of likely N-dealkylation sites (tertiary alicyclic amines) is 1. The molecular formula is C33H44N4O2. The average Bonchev–Trinajstić information content (AvgIpc) is 3.55. The number of rotatable bonds is 6. The zero-order valence-corrected chi connectivity index (χ0v) is 24.7. The number of furan rings is 1. The molecule has 2 aliphatic heterocycles. The highest BCUT2D eigenvalue weighted by Gasteiger charge is 2.34. The molecule has 208 valence electrons. The number of amides is 1. The highest BCUT2D eigenvalue weighted by molar-refractivity contribution is 5.95. The van der Waals surface area contributed by atoms with Crippen LogP contribution in [-0.2, 0) is 0 Å². The minimum absolute atomic E-state index is 0.0557. The molecule has 1 amide bonds. The van der Waals surface area contributed by atoms with E-state index in [0.29, 0.717) is 35.7 Å². The van der Waals surface area contributed by atoms with E-state index < -0.39 is 0 Å². The third-order valence-electron chi connectivity index (χ3n) is 8.65. The fourth-order valence-electron chi connectivity index (χ4n) is 6.27. The SMILES string of the molecule is Cc1occc1C(=O)N1CCN(c2nc(C(C)C)c(-c3ccc(C(C)C)cc3)cc2[C@H]2CCCN2C)CC1C. The first-order valence-corrected chi connectivity index (χ1v) is 14.6. The first-order chi connectivity index (χ1) is 18.7. The molecule has 0 radical (unpaired) electrons. The molecule has 1 aromatic carbocycles. The lowest BCUT2D eigenvalue weighted by Crippen LogP contribution is -2.54. The van der Waals surface area contributed by atoms with Gasteiger partial charge in [-0.05, 0) is 75.4 Å². The van der Waals surface area contributed by atoms with Gasteiger partial charge in [0.25, 0.3) is 5.91 Å². The van der Waals surface area contributed by atoms with E-state index in [1.807, 2.05) is 11.8 Å². The lowest BCUT2D eigenvalue weighted by Gasteiger charge is -2.42. The molecule has 5 rings (SSSR count). The predicted octanol–water partition coefficient (Wildman–Crippen LogP) is 7.01. The summed E-state index contributed by atoms with van der Waals surface area (Å²) in [6.45, 7) is 16.3. The number of aryl methyl sites for hydroxylation is 1. The molecular weight excluding hydrogens is 484 g/mol. The molecule has 1 unspecified atom stereocenters. The van der Waals surface area contributed by atoms with Crippen molar-refractivity contribution in [1.29, 1.82) is 0 Å². The molecule has 0 aliphatic carbocycles. The Balaban J connectivity index is 1.52. The minimum Gasteiger partial charge on any atom is -0.469 e. The summed E-state index contributed by atoms with van der Waals surface area (Å²) >= 11 is 0. The molecule has 2 saturated heterocycles. The van der Waals surface area contributed by atoms with Crippen LogP contribution in [0.15, 0.2) is 47.1 Å². The molecule has 0 saturated carbocycles. The van der Waals surface area contributed by atoms with Crippen molar-refractivity contribution in [2.75, 3.05) is 38.1 Å². The van der Waals surface area contributed by atoms with Crippen molar-refractivity contribution >= 4 is 11.7 Å². The molecule has 0 bridgehead atoms. The smallest absolute Gasteiger partial charge is 0.257 e. The largest absolute Gasteiger partial charge is 0.469 e. The van der Waals surface area contributed by atoms with Gasteiger partial charge < -0.3 is 14.2 Å². The van der Waals surface area contributed by atoms with Crippen molar-refractivity contribution in [3.8, 4) is 11.1 Å². The van der Waals surface area contributed by atoms with Crippen LogP contribution in [0.3, 0.4) is 0 Å². The van der Waals surface area contributed by atoms with Crippen LogP contribution < -0.4 is 4.90 Å². The van der Waals surface area contributed by atoms with Gasteiger partial charge in [0.2, 0.25) is 0 Å². The third kappa shape index (κ3) is 5.36. The number of hydrogen-bond donors (Lipinski definition) is 0. The molecule has 0 N–H and O–H groups in total. The topological polar surface area (TPSA) is 52.8 Å². The van der Waals surface area contributed by atoms with E-state index in [4.69, 9.17) is 9.40 Å². The molecule has 2 atom stereocenters. The van der Waals surface area contributed by atoms with E-state index in [1.165, 1.54) is 28.7 Å². The Bertz CT molecular complexity index is 1310. The maximum absolute atomic E-state index is 13.3. The van der Waals surface area contributed by atoms with E-state index in [0.717, 1.165) is 37.6 Å². The van der Waals surface area contributed by atoms with Gasteiger partial charge >= 0.3 is 0 Å². The van der Waals surface area contributed by atoms with Crippen LogP contribution in [0.1, 0.15) is 98.3 Å². The van der Waals surface area contributed by atoms with Crippen LogP contribution in [0.2, 0.25) is 0 Å². The first kappa shape index (κ1) is 27.4. The van der Waals surface area contributed by atoms with Crippen LogP contribution in [0.5, 0.6) is 0 Å². The number of hydrogen-bond acceptors (Lipinski definition) is 5. The van der Waals surface area contributed by atoms with E-state index in [1.54, 1.807) is 12.3 Å². The fraction of sp³-hybridized carbons (Fsp3) is 0.515. The summed E-state index contributed by atoms with van der Waals surface area (Å²) in [7, 11) is 2.24. The Morgan fingerprint density at radius 2 is 1.77 bits per heavy atom. The van der Waals surface area contributed by atoms with Crippen molar-refractivity contribution in [1.82, 2.24) is 14.8 Å². The van der Waals surface area contributed by atoms with Gasteiger partial charge in [-0.3, -0.25) is 9.69 Å². The van der Waals surface area contributed by atoms with Gasteiger partial charge in [0.1, 0.15) is 11.6 Å². The number of piperazine rings is 1. The second kappa shape index (κ2) is 11.2. The van der Waals surface area contributed by atoms with Gasteiger partial charge in [-0.1, -0.05) is 52.0 Å². The average molecular weight is 529 g/mol. The van der Waals surface area contributed by atoms with Gasteiger partial charge in [0.05, 0.1) is 17.5 Å². The monoisotopic (exact) mass is 528 g/mol. The summed E-state index contributed by atoms with van der Waals surface area (Å²) in [4.78, 5) is 25.6. The van der Waals surface area contributed by atoms with Crippen LogP contribution in [0.25, 0.3) is 11.1 Å². The lowest BCUT2D eigenvalue weighted by molar-refractivity contribution is 0.0671. The number of anilines is 1. The van der Waals surface area contributed by atoms with Gasteiger partial charge in [0.15, 0.2) is 0 Å². The zero-order chi connectivity index (χ0) is 27.8. The summed E-state index contributed by atoms with van der Waals surface area (Å²) in [5.74, 6) is 2.64. The quantitative estimate of drug-likeness (QED) is 0.344. The van der Waals surface area contributed by atoms with Crippen molar-refractivity contribution in [3.05, 3.63) is 70.8 Å². The first-order valence-electron chi connectivity index (χ1n) is 14.6. The Morgan fingerprint density at radius 3 is 2.33 bits per heavy atom. The molecule has 2 aliphatic rings. The second-order valence-electron chi connectivity index (χ2n) is 12.1. The lowest BCUT2D eigenvalue weighted by atomic mass is 9.91. The highest BCUT2D eigenvalue weighted by Crippen LogP contribution is 2.41. The zero-order valence-electron chi connectivity index (χ0n) is 24.7. The van der Waals surface area contributed by atoms with E-state index >= 15 is 0 Å². The molecule has 6 nitrogen and oxygen atoms in total. The van der Waals surface area contributed by atoms with Crippen molar-refractivity contribution in [3.63, 3.8) is 0 Å². The Hall–Kier alpha value is -3.12. The summed E-state index contributed by atoms with van der Waals surface area (Å²) in [6.07, 6.45) is 3.95. The maximum atomic E-state index is 13.3. The van der Waals surface area contributed by atoms with E-state index in [2.05, 4.69) is 81.8 Å². The highest BCUT2D eigenvalue weighted by atomic mass is 16.3. The molecule has 3 aromatic rings. The molecule has 39 heavy (non-hydrogen) atoms. The van der Waals surface area contributed by atoms with Crippen molar-refractivity contribution in [2.45, 2.75) is 78.3 Å². The second-order valence-corrected chi connectivity index (χ2v) is 12.1. The van der Waals surface area contributed by atoms with E-state index in [-0.39, 0.29) is 11.9 Å². The van der Waals surface area contributed by atoms with Gasteiger partial charge in [-0.2, -0.15) is 0 Å². The number of pyridine rings is 1. The van der Waals surface area contributed by atoms with Crippen molar-refractivity contribution in [2.24, 2.45) is 0 Å². The normalized spacial score (nSPS) is 20.4. The number of carbonyl (C=O) groups excluding carboxylic acids is 1. The number of benzene rings is 1. The number of nitrogens with zero attached hydrogens (tertiary/aromatic N) is 4. The maximum Gasteiger partial charge on any atom is 0.257 e. The number of aromatic nitrogens is 1. The summed E-state index contributed by atoms with van der Waals surface area (Å²) in [6, 6.07) is 13.7. The number of carbonyl (C=O) groups is 1. The van der Waals surface area contributed by atoms with Crippen LogP contribution in [0, 0.1) is 6.92 Å². The minimum atomic E-state index is 0.0557. The summed E-state index contributed by atoms with van der Waals surface area (Å²) in [5.41, 5.74) is 6.97. The van der Waals surface area contributed by atoms with Crippen molar-refractivity contribution < 1.29 is 9.21 Å². The van der Waals surface area contributed by atoms with Gasteiger partial charge in [0, 0.05) is 42.8 Å². The predicted molar refractivity (Wildman–Crippen MR) is 159 cm³/mol. The van der Waals surface area contributed by atoms with Crippen LogP contribution in [0.4, 0.5) is 5.82 Å². The van der Waals surface area contributed by atoms with Gasteiger partial charge in [-0.15, -0.1) is 0 Å². The standard InChI is InChI=1S/C33H44N4O2/c1-21(2)25-10-12-26(13-11-25)28-19-29(30-9-8-15-35(30)7)32(34-31(28)22(3)4)36-16-17-37(23(5)20-36)33(38)27-14-18-39-24(27)6/h10-14,18-19,21-23,30H,8-9,15-17,20H2,1-7H3/t23?,30-/m1/s1. The molecule has 4 heterocycles. The Morgan fingerprint density at radius 1 is 1.03 bits per heavy atom. The van der Waals surface area contributed by atoms with Crippen LogP contribution >= 0.6 is 0 Å². The molecule has 2 fully saturated rings. The van der Waals surface area contributed by atoms with Crippen LogP contribution in [-0.4, -0.2) is 60.0 Å². The molecule has 0 spiro atoms. The summed E-state index contributed by atoms with van der Waals surface area (Å²) < 4.78 is 5.41. The third-order valence-corrected chi connectivity index (χ3v) is 8.65. The molecule has 6 heteroatoms. The van der Waals surface area contributed by atoms with Gasteiger partial charge in [-0.25, -0.2) is 4.98 Å². The Kier molecular flexibility index (Phi) is 7.86.